The Labute approximate surface area is 155 Å². The van der Waals surface area contributed by atoms with Gasteiger partial charge in [-0.3, -0.25) is 9.69 Å². The molecule has 2 rings (SSSR count). The van der Waals surface area contributed by atoms with Crippen molar-refractivity contribution >= 4 is 11.6 Å². The highest BCUT2D eigenvalue weighted by molar-refractivity contribution is 5.94. The van der Waals surface area contributed by atoms with Crippen LogP contribution in [0.1, 0.15) is 17.5 Å². The summed E-state index contributed by atoms with van der Waals surface area (Å²) in [6.45, 7) is 3.29. The van der Waals surface area contributed by atoms with Crippen LogP contribution in [-0.4, -0.2) is 38.1 Å². The number of rotatable bonds is 8. The highest BCUT2D eigenvalue weighted by Gasteiger charge is 2.18. The van der Waals surface area contributed by atoms with Gasteiger partial charge in [0, 0.05) is 24.3 Å². The molecule has 0 bridgehead atoms. The number of carbonyl (C=O) groups is 1. The van der Waals surface area contributed by atoms with Crippen LogP contribution >= 0.6 is 0 Å². The number of nitrogens with zero attached hydrogens (tertiary/aromatic N) is 3. The number of amides is 1. The average Bonchev–Trinajstić information content (AvgIpc) is 2.63. The standard InChI is InChI=1S/C21H25N3O2/c1-17-10-11-20(26-3)18(14-17)15-23(2)16-21(25)24(13-7-12-22)19-8-5-4-6-9-19/h4-6,8-11,14H,7,13,15-16H2,1-3H3. The number of para-hydroxylation sites is 1. The third kappa shape index (κ3) is 5.33. The minimum Gasteiger partial charge on any atom is -0.496 e. The average molecular weight is 351 g/mol. The molecule has 0 aliphatic rings. The molecule has 0 unspecified atom stereocenters. The molecule has 2 aromatic rings. The van der Waals surface area contributed by atoms with Crippen molar-refractivity contribution in [2.75, 3.05) is 32.1 Å². The predicted octanol–water partition coefficient (Wildman–Crippen LogP) is 3.38. The van der Waals surface area contributed by atoms with E-state index in [9.17, 15) is 4.79 Å². The summed E-state index contributed by atoms with van der Waals surface area (Å²) in [7, 11) is 3.56. The molecule has 0 aromatic heterocycles. The van der Waals surface area contributed by atoms with Crippen molar-refractivity contribution in [1.29, 1.82) is 5.26 Å². The lowest BCUT2D eigenvalue weighted by Gasteiger charge is -2.25. The lowest BCUT2D eigenvalue weighted by molar-refractivity contribution is -0.119. The second kappa shape index (κ2) is 9.59. The van der Waals surface area contributed by atoms with Crippen LogP contribution in [0.3, 0.4) is 0 Å². The van der Waals surface area contributed by atoms with Gasteiger partial charge in [0.15, 0.2) is 0 Å². The number of hydrogen-bond donors (Lipinski definition) is 0. The first-order valence-corrected chi connectivity index (χ1v) is 8.59. The number of likely N-dealkylation sites (N-methyl/N-ethyl adjacent to an activating group) is 1. The first-order chi connectivity index (χ1) is 12.5. The molecule has 0 saturated heterocycles. The molecular weight excluding hydrogens is 326 g/mol. The summed E-state index contributed by atoms with van der Waals surface area (Å²) < 4.78 is 5.42. The number of benzene rings is 2. The highest BCUT2D eigenvalue weighted by atomic mass is 16.5. The second-order valence-electron chi connectivity index (χ2n) is 6.28. The van der Waals surface area contributed by atoms with Gasteiger partial charge in [-0.15, -0.1) is 0 Å². The van der Waals surface area contributed by atoms with Gasteiger partial charge in [0.1, 0.15) is 5.75 Å². The molecule has 0 aliphatic carbocycles. The van der Waals surface area contributed by atoms with Gasteiger partial charge < -0.3 is 9.64 Å². The zero-order valence-electron chi connectivity index (χ0n) is 15.6. The lowest BCUT2D eigenvalue weighted by atomic mass is 10.1. The normalized spacial score (nSPS) is 10.4. The van der Waals surface area contributed by atoms with E-state index in [-0.39, 0.29) is 12.5 Å². The number of anilines is 1. The maximum atomic E-state index is 12.8. The molecule has 0 heterocycles. The van der Waals surface area contributed by atoms with E-state index in [2.05, 4.69) is 12.1 Å². The molecule has 0 radical (unpaired) electrons. The van der Waals surface area contributed by atoms with Crippen molar-refractivity contribution in [3.63, 3.8) is 0 Å². The lowest BCUT2D eigenvalue weighted by Crippen LogP contribution is -2.39. The molecule has 136 valence electrons. The fourth-order valence-corrected chi connectivity index (χ4v) is 2.86. The SMILES string of the molecule is COc1ccc(C)cc1CN(C)CC(=O)N(CCC#N)c1ccccc1. The third-order valence-corrected chi connectivity index (χ3v) is 4.10. The Hall–Kier alpha value is -2.84. The van der Waals surface area contributed by atoms with Gasteiger partial charge in [-0.1, -0.05) is 35.9 Å². The Kier molecular flexibility index (Phi) is 7.19. The van der Waals surface area contributed by atoms with E-state index in [0.29, 0.717) is 19.5 Å². The maximum absolute atomic E-state index is 12.8. The van der Waals surface area contributed by atoms with Gasteiger partial charge in [0.05, 0.1) is 26.1 Å². The molecule has 0 N–H and O–H groups in total. The first kappa shape index (κ1) is 19.5. The predicted molar refractivity (Wildman–Crippen MR) is 103 cm³/mol. The fourth-order valence-electron chi connectivity index (χ4n) is 2.86. The van der Waals surface area contributed by atoms with Crippen LogP contribution < -0.4 is 9.64 Å². The molecule has 0 aliphatic heterocycles. The van der Waals surface area contributed by atoms with E-state index >= 15 is 0 Å². The quantitative estimate of drug-likeness (QED) is 0.731. The summed E-state index contributed by atoms with van der Waals surface area (Å²) in [6, 6.07) is 17.6. The summed E-state index contributed by atoms with van der Waals surface area (Å²) in [5.74, 6) is 0.792. The largest absolute Gasteiger partial charge is 0.496 e. The number of hydrogen-bond acceptors (Lipinski definition) is 4. The molecular formula is C21H25N3O2. The van der Waals surface area contributed by atoms with Crippen molar-refractivity contribution < 1.29 is 9.53 Å². The van der Waals surface area contributed by atoms with Crippen LogP contribution in [-0.2, 0) is 11.3 Å². The van der Waals surface area contributed by atoms with Crippen molar-refractivity contribution in [2.45, 2.75) is 19.9 Å². The third-order valence-electron chi connectivity index (χ3n) is 4.10. The zero-order valence-corrected chi connectivity index (χ0v) is 15.6. The van der Waals surface area contributed by atoms with Gasteiger partial charge in [-0.25, -0.2) is 0 Å². The second-order valence-corrected chi connectivity index (χ2v) is 6.28. The molecule has 1 amide bonds. The summed E-state index contributed by atoms with van der Waals surface area (Å²) in [6.07, 6.45) is 0.302. The Morgan fingerprint density at radius 2 is 1.92 bits per heavy atom. The van der Waals surface area contributed by atoms with Crippen molar-refractivity contribution in [3.05, 3.63) is 59.7 Å². The number of nitriles is 1. The number of ether oxygens (including phenoxy) is 1. The summed E-state index contributed by atoms with van der Waals surface area (Å²) >= 11 is 0. The van der Waals surface area contributed by atoms with Crippen LogP contribution in [0.5, 0.6) is 5.75 Å². The number of aryl methyl sites for hydroxylation is 1. The Morgan fingerprint density at radius 3 is 2.58 bits per heavy atom. The van der Waals surface area contributed by atoms with Crippen molar-refractivity contribution in [3.8, 4) is 11.8 Å². The molecule has 0 fully saturated rings. The van der Waals surface area contributed by atoms with Crippen LogP contribution in [0.4, 0.5) is 5.69 Å². The van der Waals surface area contributed by atoms with E-state index in [0.717, 1.165) is 22.6 Å². The fraction of sp³-hybridized carbons (Fsp3) is 0.333. The molecule has 2 aromatic carbocycles. The highest BCUT2D eigenvalue weighted by Crippen LogP contribution is 2.21. The summed E-state index contributed by atoms with van der Waals surface area (Å²) in [5, 5.41) is 8.89. The Bertz CT molecular complexity index is 769. The molecule has 0 atom stereocenters. The van der Waals surface area contributed by atoms with Crippen LogP contribution in [0, 0.1) is 18.3 Å². The topological polar surface area (TPSA) is 56.6 Å². The van der Waals surface area contributed by atoms with E-state index in [1.54, 1.807) is 12.0 Å². The monoisotopic (exact) mass is 351 g/mol. The summed E-state index contributed by atoms with van der Waals surface area (Å²) in [4.78, 5) is 16.4. The molecule has 5 nitrogen and oxygen atoms in total. The van der Waals surface area contributed by atoms with Gasteiger partial charge in [0.25, 0.3) is 0 Å². The van der Waals surface area contributed by atoms with Crippen LogP contribution in [0.25, 0.3) is 0 Å². The van der Waals surface area contributed by atoms with Gasteiger partial charge in [-0.2, -0.15) is 5.26 Å². The number of methoxy groups -OCH3 is 1. The molecule has 5 heteroatoms. The minimum absolute atomic E-state index is 0.0273. The number of carbonyl (C=O) groups excluding carboxylic acids is 1. The van der Waals surface area contributed by atoms with Gasteiger partial charge >= 0.3 is 0 Å². The minimum atomic E-state index is -0.0273. The smallest absolute Gasteiger partial charge is 0.241 e. The van der Waals surface area contributed by atoms with E-state index in [4.69, 9.17) is 10.00 Å². The van der Waals surface area contributed by atoms with E-state index in [1.807, 2.05) is 61.3 Å². The molecule has 0 spiro atoms. The maximum Gasteiger partial charge on any atom is 0.241 e. The van der Waals surface area contributed by atoms with Crippen molar-refractivity contribution in [2.24, 2.45) is 0 Å². The Balaban J connectivity index is 2.08. The van der Waals surface area contributed by atoms with Crippen LogP contribution in [0.15, 0.2) is 48.5 Å². The molecule has 0 saturated carbocycles. The van der Waals surface area contributed by atoms with E-state index < -0.39 is 0 Å². The summed E-state index contributed by atoms with van der Waals surface area (Å²) in [5.41, 5.74) is 3.01. The van der Waals surface area contributed by atoms with Crippen LogP contribution in [0.2, 0.25) is 0 Å². The van der Waals surface area contributed by atoms with Crippen molar-refractivity contribution in [1.82, 2.24) is 4.90 Å². The van der Waals surface area contributed by atoms with Gasteiger partial charge in [-0.05, 0) is 32.2 Å². The van der Waals surface area contributed by atoms with E-state index in [1.165, 1.54) is 0 Å². The Morgan fingerprint density at radius 1 is 1.19 bits per heavy atom. The van der Waals surface area contributed by atoms with Gasteiger partial charge in [0.2, 0.25) is 5.91 Å². The molecule has 26 heavy (non-hydrogen) atoms. The first-order valence-electron chi connectivity index (χ1n) is 8.59. The zero-order chi connectivity index (χ0) is 18.9.